The summed E-state index contributed by atoms with van der Waals surface area (Å²) in [7, 11) is 0. The summed E-state index contributed by atoms with van der Waals surface area (Å²) in [4.78, 5) is 24.5. The molecule has 0 rings (SSSR count). The summed E-state index contributed by atoms with van der Waals surface area (Å²) in [6.45, 7) is 4.88. The van der Waals surface area contributed by atoms with Gasteiger partial charge >= 0.3 is 5.97 Å². The van der Waals surface area contributed by atoms with Gasteiger partial charge in [-0.05, 0) is 57.8 Å². The van der Waals surface area contributed by atoms with Crippen molar-refractivity contribution in [2.75, 3.05) is 13.2 Å². The minimum absolute atomic E-state index is 0.00772. The normalized spacial score (nSPS) is 12.8. The van der Waals surface area contributed by atoms with Crippen LogP contribution in [0.1, 0.15) is 309 Å². The van der Waals surface area contributed by atoms with E-state index >= 15 is 0 Å². The van der Waals surface area contributed by atoms with Gasteiger partial charge in [-0.3, -0.25) is 9.59 Å². The van der Waals surface area contributed by atoms with Crippen LogP contribution in [-0.2, 0) is 14.3 Å². The highest BCUT2D eigenvalue weighted by molar-refractivity contribution is 5.76. The molecule has 0 saturated carbocycles. The van der Waals surface area contributed by atoms with Gasteiger partial charge in [-0.1, -0.05) is 263 Å². The van der Waals surface area contributed by atoms with Gasteiger partial charge in [0.25, 0.3) is 0 Å². The lowest BCUT2D eigenvalue weighted by Crippen LogP contribution is -2.45. The van der Waals surface area contributed by atoms with Crippen molar-refractivity contribution in [3.05, 3.63) is 24.3 Å². The second-order valence-corrected chi connectivity index (χ2v) is 19.6. The molecule has 1 amide bonds. The summed E-state index contributed by atoms with van der Waals surface area (Å²) >= 11 is 0. The van der Waals surface area contributed by atoms with E-state index in [-0.39, 0.29) is 18.5 Å². The molecular weight excluding hydrogens is 791 g/mol. The number of aliphatic hydroxyl groups excluding tert-OH is 2. The Labute approximate surface area is 399 Å². The fourth-order valence-corrected chi connectivity index (χ4v) is 8.81. The zero-order valence-corrected chi connectivity index (χ0v) is 43.0. The van der Waals surface area contributed by atoms with Crippen LogP contribution in [0.4, 0.5) is 0 Å². The molecule has 2 atom stereocenters. The van der Waals surface area contributed by atoms with Gasteiger partial charge in [0.15, 0.2) is 0 Å². The van der Waals surface area contributed by atoms with E-state index in [1.807, 2.05) is 6.08 Å². The molecular formula is C58H111NO5. The third-order valence-electron chi connectivity index (χ3n) is 13.2. The van der Waals surface area contributed by atoms with Crippen molar-refractivity contribution in [2.45, 2.75) is 321 Å². The summed E-state index contributed by atoms with van der Waals surface area (Å²) in [5.74, 6) is -0.0806. The van der Waals surface area contributed by atoms with E-state index in [1.54, 1.807) is 6.08 Å². The van der Waals surface area contributed by atoms with Crippen molar-refractivity contribution < 1.29 is 24.5 Å². The molecule has 0 bridgehead atoms. The first-order valence-corrected chi connectivity index (χ1v) is 28.6. The summed E-state index contributed by atoms with van der Waals surface area (Å²) in [6, 6.07) is -0.633. The lowest BCUT2D eigenvalue weighted by atomic mass is 10.0. The first-order valence-electron chi connectivity index (χ1n) is 28.6. The number of allylic oxidation sites excluding steroid dienone is 3. The first kappa shape index (κ1) is 62.3. The van der Waals surface area contributed by atoms with Crippen LogP contribution >= 0.6 is 0 Å². The van der Waals surface area contributed by atoms with Crippen molar-refractivity contribution in [3.8, 4) is 0 Å². The summed E-state index contributed by atoms with van der Waals surface area (Å²) in [5, 5.41) is 23.2. The number of rotatable bonds is 53. The number of amides is 1. The predicted molar refractivity (Wildman–Crippen MR) is 278 cm³/mol. The SMILES string of the molecule is CCCCC/C=C\CCCCCCCC(=O)OCCCCCCCCCCCCCCCCCCC(=O)NC(CO)C(O)/C=C/CCCCCCCCCCCCCCCCCCC. The van der Waals surface area contributed by atoms with E-state index in [4.69, 9.17) is 4.74 Å². The Morgan fingerprint density at radius 3 is 1.14 bits per heavy atom. The molecule has 0 aromatic rings. The molecule has 0 saturated heterocycles. The van der Waals surface area contributed by atoms with Crippen LogP contribution in [0.5, 0.6) is 0 Å². The van der Waals surface area contributed by atoms with Crippen LogP contribution < -0.4 is 5.32 Å². The molecule has 0 fully saturated rings. The molecule has 0 aliphatic carbocycles. The van der Waals surface area contributed by atoms with Crippen LogP contribution in [0.3, 0.4) is 0 Å². The zero-order valence-electron chi connectivity index (χ0n) is 43.0. The maximum Gasteiger partial charge on any atom is 0.305 e. The van der Waals surface area contributed by atoms with Crippen molar-refractivity contribution in [3.63, 3.8) is 0 Å². The molecule has 378 valence electrons. The second-order valence-electron chi connectivity index (χ2n) is 19.6. The highest BCUT2D eigenvalue weighted by atomic mass is 16.5. The van der Waals surface area contributed by atoms with Gasteiger partial charge in [0, 0.05) is 12.8 Å². The Morgan fingerprint density at radius 2 is 0.734 bits per heavy atom. The van der Waals surface area contributed by atoms with Crippen molar-refractivity contribution in [1.82, 2.24) is 5.32 Å². The largest absolute Gasteiger partial charge is 0.466 e. The number of carbonyl (C=O) groups excluding carboxylic acids is 2. The fourth-order valence-electron chi connectivity index (χ4n) is 8.81. The number of unbranched alkanes of at least 4 members (excludes halogenated alkanes) is 40. The maximum absolute atomic E-state index is 12.5. The lowest BCUT2D eigenvalue weighted by Gasteiger charge is -2.20. The van der Waals surface area contributed by atoms with Gasteiger partial charge in [-0.2, -0.15) is 0 Å². The number of carbonyl (C=O) groups is 2. The maximum atomic E-state index is 12.5. The molecule has 0 spiro atoms. The van der Waals surface area contributed by atoms with Crippen LogP contribution in [0, 0.1) is 0 Å². The van der Waals surface area contributed by atoms with Crippen LogP contribution in [-0.4, -0.2) is 47.4 Å². The molecule has 0 aliphatic heterocycles. The number of hydrogen-bond donors (Lipinski definition) is 3. The van der Waals surface area contributed by atoms with Gasteiger partial charge in [-0.15, -0.1) is 0 Å². The van der Waals surface area contributed by atoms with Crippen molar-refractivity contribution in [2.24, 2.45) is 0 Å². The average Bonchev–Trinajstić information content (AvgIpc) is 3.29. The third kappa shape index (κ3) is 49.8. The second kappa shape index (κ2) is 54.0. The monoisotopic (exact) mass is 902 g/mol. The number of esters is 1. The molecule has 0 aliphatic rings. The molecule has 64 heavy (non-hydrogen) atoms. The van der Waals surface area contributed by atoms with E-state index in [9.17, 15) is 19.8 Å². The zero-order chi connectivity index (χ0) is 46.5. The Bertz CT molecular complexity index is 997. The summed E-state index contributed by atoms with van der Waals surface area (Å²) in [5.41, 5.74) is 0. The van der Waals surface area contributed by atoms with Gasteiger partial charge in [0.2, 0.25) is 5.91 Å². The Balaban J connectivity index is 3.47. The van der Waals surface area contributed by atoms with E-state index in [2.05, 4.69) is 31.3 Å². The molecule has 0 radical (unpaired) electrons. The standard InChI is InChI=1S/C58H111NO5/c1-3-5-7-9-11-13-15-17-18-19-20-21-24-27-30-34-38-42-46-50-56(61)55(54-60)59-57(62)51-47-43-39-35-31-28-25-22-23-26-29-33-37-41-45-49-53-64-58(63)52-48-44-40-36-32-16-14-12-10-8-6-4-2/h12,14,46,50,55-56,60-61H,3-11,13,15-45,47-49,51-54H2,1-2H3,(H,59,62)/b14-12-,50-46+. The summed E-state index contributed by atoms with van der Waals surface area (Å²) in [6.07, 6.45) is 64.8. The van der Waals surface area contributed by atoms with E-state index in [0.29, 0.717) is 19.4 Å². The average molecular weight is 903 g/mol. The predicted octanol–water partition coefficient (Wildman–Crippen LogP) is 17.5. The molecule has 0 heterocycles. The molecule has 0 aromatic heterocycles. The number of hydrogen-bond acceptors (Lipinski definition) is 5. The van der Waals surface area contributed by atoms with Crippen LogP contribution in [0.15, 0.2) is 24.3 Å². The van der Waals surface area contributed by atoms with Gasteiger partial charge in [-0.25, -0.2) is 0 Å². The van der Waals surface area contributed by atoms with E-state index in [1.165, 1.54) is 238 Å². The Kier molecular flexibility index (Phi) is 52.6. The molecule has 3 N–H and O–H groups in total. The van der Waals surface area contributed by atoms with Crippen molar-refractivity contribution in [1.29, 1.82) is 0 Å². The quantitative estimate of drug-likeness (QED) is 0.0321. The molecule has 0 aromatic carbocycles. The van der Waals surface area contributed by atoms with Gasteiger partial charge in [0.05, 0.1) is 25.4 Å². The molecule has 2 unspecified atom stereocenters. The van der Waals surface area contributed by atoms with Crippen molar-refractivity contribution >= 4 is 11.9 Å². The Morgan fingerprint density at radius 1 is 0.422 bits per heavy atom. The number of aliphatic hydroxyl groups is 2. The van der Waals surface area contributed by atoms with Gasteiger partial charge in [0.1, 0.15) is 0 Å². The van der Waals surface area contributed by atoms with Crippen LogP contribution in [0.2, 0.25) is 0 Å². The summed E-state index contributed by atoms with van der Waals surface area (Å²) < 4.78 is 5.46. The lowest BCUT2D eigenvalue weighted by molar-refractivity contribution is -0.143. The third-order valence-corrected chi connectivity index (χ3v) is 13.2. The highest BCUT2D eigenvalue weighted by Gasteiger charge is 2.18. The first-order chi connectivity index (χ1) is 31.5. The van der Waals surface area contributed by atoms with E-state index in [0.717, 1.165) is 44.9 Å². The van der Waals surface area contributed by atoms with Crippen LogP contribution in [0.25, 0.3) is 0 Å². The molecule has 6 nitrogen and oxygen atoms in total. The smallest absolute Gasteiger partial charge is 0.305 e. The number of ether oxygens (including phenoxy) is 1. The highest BCUT2D eigenvalue weighted by Crippen LogP contribution is 2.17. The minimum Gasteiger partial charge on any atom is -0.466 e. The minimum atomic E-state index is -0.849. The topological polar surface area (TPSA) is 95.9 Å². The molecule has 6 heteroatoms. The van der Waals surface area contributed by atoms with Gasteiger partial charge < -0.3 is 20.3 Å². The Hall–Kier alpha value is -1.66. The fraction of sp³-hybridized carbons (Fsp3) is 0.897. The van der Waals surface area contributed by atoms with E-state index < -0.39 is 12.1 Å². The number of nitrogens with one attached hydrogen (secondary N) is 1.